The number of benzene rings is 2. The lowest BCUT2D eigenvalue weighted by Crippen LogP contribution is -1.94. The number of anilines is 2. The van der Waals surface area contributed by atoms with E-state index >= 15 is 0 Å². The Balaban J connectivity index is 1.82. The van der Waals surface area contributed by atoms with Crippen molar-refractivity contribution in [3.8, 4) is 22.8 Å². The van der Waals surface area contributed by atoms with E-state index in [0.29, 0.717) is 23.3 Å². The molecule has 0 radical (unpaired) electrons. The monoisotopic (exact) mass is 344 g/mol. The fourth-order valence-electron chi connectivity index (χ4n) is 2.30. The molecule has 1 aromatic heterocycles. The number of hydrogen-bond acceptors (Lipinski definition) is 5. The Kier molecular flexibility index (Phi) is 4.62. The van der Waals surface area contributed by atoms with E-state index in [1.807, 2.05) is 43.3 Å². The third-order valence-electron chi connectivity index (χ3n) is 3.58. The van der Waals surface area contributed by atoms with Gasteiger partial charge in [0.25, 0.3) is 6.01 Å². The van der Waals surface area contributed by atoms with E-state index in [0.717, 1.165) is 21.8 Å². The second-order valence-electron chi connectivity index (χ2n) is 5.19. The molecule has 1 heterocycles. The normalized spacial score (nSPS) is 10.5. The van der Waals surface area contributed by atoms with Crippen LogP contribution in [0.3, 0.4) is 0 Å². The lowest BCUT2D eigenvalue weighted by atomic mass is 10.1. The van der Waals surface area contributed by atoms with Crippen molar-refractivity contribution in [3.05, 3.63) is 53.2 Å². The van der Waals surface area contributed by atoms with Crippen LogP contribution in [0.25, 0.3) is 11.3 Å². The first-order chi connectivity index (χ1) is 11.6. The predicted molar refractivity (Wildman–Crippen MR) is 94.5 cm³/mol. The largest absolute Gasteiger partial charge is 0.493 e. The van der Waals surface area contributed by atoms with Crippen molar-refractivity contribution < 1.29 is 13.9 Å². The number of methoxy groups -OCH3 is 2. The molecule has 2 aromatic carbocycles. The van der Waals surface area contributed by atoms with Gasteiger partial charge in [-0.2, -0.15) is 0 Å². The molecule has 0 amide bonds. The molecule has 0 saturated heterocycles. The second kappa shape index (κ2) is 6.84. The molecule has 0 bridgehead atoms. The molecule has 1 N–H and O–H groups in total. The maximum atomic E-state index is 6.05. The van der Waals surface area contributed by atoms with Gasteiger partial charge in [0.2, 0.25) is 0 Å². The number of halogens is 1. The van der Waals surface area contributed by atoms with Crippen LogP contribution < -0.4 is 14.8 Å². The van der Waals surface area contributed by atoms with Gasteiger partial charge in [0.05, 0.1) is 20.4 Å². The summed E-state index contributed by atoms with van der Waals surface area (Å²) in [4.78, 5) is 4.26. The predicted octanol–water partition coefficient (Wildman–Crippen LogP) is 5.06. The van der Waals surface area contributed by atoms with Gasteiger partial charge in [-0.3, -0.25) is 0 Å². The van der Waals surface area contributed by atoms with Gasteiger partial charge in [0.1, 0.15) is 0 Å². The van der Waals surface area contributed by atoms with E-state index in [-0.39, 0.29) is 0 Å². The van der Waals surface area contributed by atoms with Gasteiger partial charge >= 0.3 is 0 Å². The molecule has 0 aliphatic rings. The van der Waals surface area contributed by atoms with E-state index in [1.165, 1.54) is 0 Å². The van der Waals surface area contributed by atoms with Gasteiger partial charge in [0.15, 0.2) is 17.3 Å². The zero-order valence-corrected chi connectivity index (χ0v) is 14.3. The number of rotatable bonds is 5. The smallest absolute Gasteiger partial charge is 0.299 e. The minimum absolute atomic E-state index is 0.393. The Morgan fingerprint density at radius 2 is 1.83 bits per heavy atom. The summed E-state index contributed by atoms with van der Waals surface area (Å²) in [5.41, 5.74) is 2.69. The number of oxazole rings is 1. The van der Waals surface area contributed by atoms with Crippen molar-refractivity contribution in [1.82, 2.24) is 4.98 Å². The van der Waals surface area contributed by atoms with Crippen LogP contribution in [-0.4, -0.2) is 19.2 Å². The highest BCUT2D eigenvalue weighted by molar-refractivity contribution is 6.31. The number of nitrogens with one attached hydrogen (secondary N) is 1. The summed E-state index contributed by atoms with van der Waals surface area (Å²) in [6.45, 7) is 1.95. The average molecular weight is 345 g/mol. The zero-order valence-electron chi connectivity index (χ0n) is 13.6. The average Bonchev–Trinajstić information content (AvgIpc) is 3.05. The SMILES string of the molecule is COc1ccc(Nc2ncc(-c3ccc(Cl)c(C)c3)o2)cc1OC. The minimum Gasteiger partial charge on any atom is -0.493 e. The Bertz CT molecular complexity index is 861. The topological polar surface area (TPSA) is 56.5 Å². The Labute approximate surface area is 145 Å². The van der Waals surface area contributed by atoms with Crippen molar-refractivity contribution in [3.63, 3.8) is 0 Å². The Hall–Kier alpha value is -2.66. The number of aryl methyl sites for hydroxylation is 1. The molecule has 3 aromatic rings. The molecule has 0 unspecified atom stereocenters. The summed E-state index contributed by atoms with van der Waals surface area (Å²) >= 11 is 6.05. The summed E-state index contributed by atoms with van der Waals surface area (Å²) in [5.74, 6) is 1.95. The molecular weight excluding hydrogens is 328 g/mol. The molecule has 24 heavy (non-hydrogen) atoms. The lowest BCUT2D eigenvalue weighted by molar-refractivity contribution is 0.355. The maximum absolute atomic E-state index is 6.05. The molecular formula is C18H17ClN2O3. The number of nitrogens with zero attached hydrogens (tertiary/aromatic N) is 1. The van der Waals surface area contributed by atoms with Gasteiger partial charge in [-0.05, 0) is 42.8 Å². The highest BCUT2D eigenvalue weighted by Gasteiger charge is 2.10. The van der Waals surface area contributed by atoms with Crippen LogP contribution >= 0.6 is 11.6 Å². The van der Waals surface area contributed by atoms with Crippen LogP contribution in [0, 0.1) is 6.92 Å². The van der Waals surface area contributed by atoms with Crippen LogP contribution in [-0.2, 0) is 0 Å². The third kappa shape index (κ3) is 3.31. The van der Waals surface area contributed by atoms with Crippen LogP contribution in [0.15, 0.2) is 47.0 Å². The van der Waals surface area contributed by atoms with Crippen molar-refractivity contribution in [2.45, 2.75) is 6.92 Å². The third-order valence-corrected chi connectivity index (χ3v) is 4.01. The van der Waals surface area contributed by atoms with Gasteiger partial charge in [-0.25, -0.2) is 4.98 Å². The highest BCUT2D eigenvalue weighted by atomic mass is 35.5. The summed E-state index contributed by atoms with van der Waals surface area (Å²) in [5, 5.41) is 3.83. The van der Waals surface area contributed by atoms with Crippen LogP contribution in [0.1, 0.15) is 5.56 Å². The molecule has 5 nitrogen and oxygen atoms in total. The van der Waals surface area contributed by atoms with E-state index < -0.39 is 0 Å². The molecule has 3 rings (SSSR count). The van der Waals surface area contributed by atoms with Crippen molar-refractivity contribution in [2.24, 2.45) is 0 Å². The Morgan fingerprint density at radius 1 is 1.04 bits per heavy atom. The molecule has 0 aliphatic carbocycles. The van der Waals surface area contributed by atoms with E-state index in [1.54, 1.807) is 20.4 Å². The molecule has 0 spiro atoms. The van der Waals surface area contributed by atoms with Crippen LogP contribution in [0.5, 0.6) is 11.5 Å². The quantitative estimate of drug-likeness (QED) is 0.700. The summed E-state index contributed by atoms with van der Waals surface area (Å²) < 4.78 is 16.3. The molecule has 0 saturated carbocycles. The Morgan fingerprint density at radius 3 is 2.54 bits per heavy atom. The first-order valence-electron chi connectivity index (χ1n) is 7.32. The van der Waals surface area contributed by atoms with Crippen LogP contribution in [0.4, 0.5) is 11.7 Å². The standard InChI is InChI=1S/C18H17ClN2O3/c1-11-8-12(4-6-14(11)19)17-10-20-18(24-17)21-13-5-7-15(22-2)16(9-13)23-3/h4-10H,1-3H3,(H,20,21). The van der Waals surface area contributed by atoms with E-state index in [9.17, 15) is 0 Å². The van der Waals surface area contributed by atoms with E-state index in [2.05, 4.69) is 10.3 Å². The minimum atomic E-state index is 0.393. The van der Waals surface area contributed by atoms with Gasteiger partial charge < -0.3 is 19.2 Å². The number of ether oxygens (including phenoxy) is 2. The summed E-state index contributed by atoms with van der Waals surface area (Å²) in [6.07, 6.45) is 1.67. The van der Waals surface area contributed by atoms with Crippen molar-refractivity contribution in [2.75, 3.05) is 19.5 Å². The second-order valence-corrected chi connectivity index (χ2v) is 5.60. The van der Waals surface area contributed by atoms with Gasteiger partial charge in [0, 0.05) is 22.3 Å². The van der Waals surface area contributed by atoms with Crippen molar-refractivity contribution in [1.29, 1.82) is 0 Å². The lowest BCUT2D eigenvalue weighted by Gasteiger charge is -2.09. The van der Waals surface area contributed by atoms with Gasteiger partial charge in [-0.15, -0.1) is 0 Å². The maximum Gasteiger partial charge on any atom is 0.299 e. The van der Waals surface area contributed by atoms with Gasteiger partial charge in [-0.1, -0.05) is 11.6 Å². The molecule has 0 aliphatic heterocycles. The first-order valence-corrected chi connectivity index (χ1v) is 7.70. The number of aromatic nitrogens is 1. The molecule has 124 valence electrons. The fraction of sp³-hybridized carbons (Fsp3) is 0.167. The summed E-state index contributed by atoms with van der Waals surface area (Å²) in [7, 11) is 3.19. The molecule has 0 fully saturated rings. The van der Waals surface area contributed by atoms with Crippen LogP contribution in [0.2, 0.25) is 5.02 Å². The number of hydrogen-bond donors (Lipinski definition) is 1. The van der Waals surface area contributed by atoms with Crippen molar-refractivity contribution >= 4 is 23.3 Å². The molecule has 0 atom stereocenters. The zero-order chi connectivity index (χ0) is 17.1. The fourth-order valence-corrected chi connectivity index (χ4v) is 2.42. The highest BCUT2D eigenvalue weighted by Crippen LogP contribution is 2.32. The molecule has 6 heteroatoms. The summed E-state index contributed by atoms with van der Waals surface area (Å²) in [6, 6.07) is 11.6. The first kappa shape index (κ1) is 16.2. The van der Waals surface area contributed by atoms with E-state index in [4.69, 9.17) is 25.5 Å².